The summed E-state index contributed by atoms with van der Waals surface area (Å²) in [6.45, 7) is 8.19. The van der Waals surface area contributed by atoms with E-state index in [0.29, 0.717) is 17.8 Å². The number of carbonyl (C=O) groups is 2. The van der Waals surface area contributed by atoms with Gasteiger partial charge in [-0.15, -0.1) is 0 Å². The van der Waals surface area contributed by atoms with Gasteiger partial charge < -0.3 is 11.1 Å². The van der Waals surface area contributed by atoms with Gasteiger partial charge in [0, 0.05) is 17.4 Å². The zero-order valence-electron chi connectivity index (χ0n) is 15.9. The molecule has 4 heteroatoms. The number of nitrogens with one attached hydrogen (secondary N) is 1. The number of primary amides is 1. The van der Waals surface area contributed by atoms with E-state index in [9.17, 15) is 9.59 Å². The fraction of sp³-hybridized carbons (Fsp3) is 0.900. The summed E-state index contributed by atoms with van der Waals surface area (Å²) in [5.41, 5.74) is 5.48. The summed E-state index contributed by atoms with van der Waals surface area (Å²) in [4.78, 5) is 25.1. The van der Waals surface area contributed by atoms with Crippen molar-refractivity contribution in [3.05, 3.63) is 0 Å². The van der Waals surface area contributed by atoms with Crippen LogP contribution in [-0.4, -0.2) is 17.4 Å². The Kier molecular flexibility index (Phi) is 6.33. The maximum absolute atomic E-state index is 12.9. The first-order chi connectivity index (χ1) is 11.2. The molecule has 0 bridgehead atoms. The molecule has 2 aliphatic carbocycles. The Labute approximate surface area is 147 Å². The Morgan fingerprint density at radius 3 is 2.12 bits per heavy atom. The molecule has 0 heterocycles. The SMILES string of the molecule is CC(C[C@H](C(N)=O)C(CC1CC1)C(=O)NC(C)(C)C)C1CCCC1. The number of hydrogen-bond acceptors (Lipinski definition) is 2. The second-order valence-electron chi connectivity index (χ2n) is 9.29. The van der Waals surface area contributed by atoms with Gasteiger partial charge in [-0.3, -0.25) is 9.59 Å². The third-order valence-corrected chi connectivity index (χ3v) is 5.80. The van der Waals surface area contributed by atoms with Crippen molar-refractivity contribution in [1.29, 1.82) is 0 Å². The number of carbonyl (C=O) groups excluding carboxylic acids is 2. The first kappa shape index (κ1) is 19.3. The third kappa shape index (κ3) is 5.78. The minimum absolute atomic E-state index is 0.0109. The van der Waals surface area contributed by atoms with E-state index in [1.54, 1.807) is 0 Å². The molecule has 3 N–H and O–H groups in total. The summed E-state index contributed by atoms with van der Waals surface area (Å²) < 4.78 is 0. The molecule has 2 aliphatic rings. The Bertz CT molecular complexity index is 445. The smallest absolute Gasteiger partial charge is 0.224 e. The van der Waals surface area contributed by atoms with E-state index >= 15 is 0 Å². The van der Waals surface area contributed by atoms with Crippen molar-refractivity contribution < 1.29 is 9.59 Å². The van der Waals surface area contributed by atoms with Gasteiger partial charge in [0.05, 0.1) is 0 Å². The van der Waals surface area contributed by atoms with Crippen LogP contribution in [0.1, 0.15) is 79.1 Å². The highest BCUT2D eigenvalue weighted by Gasteiger charge is 2.39. The lowest BCUT2D eigenvalue weighted by atomic mass is 9.77. The lowest BCUT2D eigenvalue weighted by Gasteiger charge is -2.31. The van der Waals surface area contributed by atoms with E-state index in [1.807, 2.05) is 20.8 Å². The van der Waals surface area contributed by atoms with Gasteiger partial charge in [0.25, 0.3) is 0 Å². The maximum Gasteiger partial charge on any atom is 0.224 e. The van der Waals surface area contributed by atoms with Crippen LogP contribution in [-0.2, 0) is 9.59 Å². The summed E-state index contributed by atoms with van der Waals surface area (Å²) in [5.74, 6) is 0.880. The van der Waals surface area contributed by atoms with Gasteiger partial charge in [-0.25, -0.2) is 0 Å². The third-order valence-electron chi connectivity index (χ3n) is 5.80. The number of rotatable bonds is 8. The Hall–Kier alpha value is -1.06. The minimum atomic E-state index is -0.330. The Morgan fingerprint density at radius 2 is 1.67 bits per heavy atom. The van der Waals surface area contributed by atoms with Gasteiger partial charge >= 0.3 is 0 Å². The predicted molar refractivity (Wildman–Crippen MR) is 97.2 cm³/mol. The average Bonchev–Trinajstić information content (AvgIpc) is 3.10. The topological polar surface area (TPSA) is 72.2 Å². The molecular formula is C20H36N2O2. The molecule has 0 aromatic carbocycles. The molecule has 0 aromatic rings. The fourth-order valence-electron chi connectivity index (χ4n) is 4.23. The van der Waals surface area contributed by atoms with Crippen LogP contribution in [0, 0.1) is 29.6 Å². The monoisotopic (exact) mass is 336 g/mol. The van der Waals surface area contributed by atoms with Crippen molar-refractivity contribution in [3.8, 4) is 0 Å². The van der Waals surface area contributed by atoms with Crippen molar-refractivity contribution in [3.63, 3.8) is 0 Å². The summed E-state index contributed by atoms with van der Waals surface area (Å²) in [5, 5.41) is 3.08. The van der Waals surface area contributed by atoms with Gasteiger partial charge in [0.1, 0.15) is 0 Å². The van der Waals surface area contributed by atoms with Crippen molar-refractivity contribution >= 4 is 11.8 Å². The largest absolute Gasteiger partial charge is 0.369 e. The second-order valence-corrected chi connectivity index (χ2v) is 9.29. The molecule has 24 heavy (non-hydrogen) atoms. The highest BCUT2D eigenvalue weighted by Crippen LogP contribution is 2.41. The van der Waals surface area contributed by atoms with Crippen LogP contribution in [0.2, 0.25) is 0 Å². The first-order valence-electron chi connectivity index (χ1n) is 9.78. The molecule has 4 nitrogen and oxygen atoms in total. The predicted octanol–water partition coefficient (Wildman–Crippen LogP) is 3.64. The van der Waals surface area contributed by atoms with Gasteiger partial charge in [0.2, 0.25) is 11.8 Å². The molecule has 3 atom stereocenters. The molecule has 0 aromatic heterocycles. The normalized spacial score (nSPS) is 22.8. The summed E-state index contributed by atoms with van der Waals surface area (Å²) in [7, 11) is 0. The van der Waals surface area contributed by atoms with E-state index in [1.165, 1.54) is 38.5 Å². The maximum atomic E-state index is 12.9. The van der Waals surface area contributed by atoms with Crippen molar-refractivity contribution in [2.75, 3.05) is 0 Å². The van der Waals surface area contributed by atoms with E-state index in [0.717, 1.165) is 12.8 Å². The number of hydrogen-bond donors (Lipinski definition) is 2. The summed E-state index contributed by atoms with van der Waals surface area (Å²) in [6.07, 6.45) is 9.05. The number of amides is 2. The summed E-state index contributed by atoms with van der Waals surface area (Å²) in [6, 6.07) is 0. The second kappa shape index (κ2) is 7.88. The minimum Gasteiger partial charge on any atom is -0.369 e. The van der Waals surface area contributed by atoms with Crippen molar-refractivity contribution in [2.24, 2.45) is 35.3 Å². The highest BCUT2D eigenvalue weighted by molar-refractivity contribution is 5.87. The van der Waals surface area contributed by atoms with Crippen LogP contribution in [0.15, 0.2) is 0 Å². The first-order valence-corrected chi connectivity index (χ1v) is 9.78. The zero-order valence-corrected chi connectivity index (χ0v) is 15.9. The molecule has 2 saturated carbocycles. The van der Waals surface area contributed by atoms with Crippen LogP contribution in [0.25, 0.3) is 0 Å². The molecule has 138 valence electrons. The molecule has 0 saturated heterocycles. The molecule has 2 unspecified atom stereocenters. The highest BCUT2D eigenvalue weighted by atomic mass is 16.2. The Morgan fingerprint density at radius 1 is 1.08 bits per heavy atom. The van der Waals surface area contributed by atoms with E-state index in [4.69, 9.17) is 5.73 Å². The van der Waals surface area contributed by atoms with Crippen molar-refractivity contribution in [1.82, 2.24) is 5.32 Å². The standard InChI is InChI=1S/C20H36N2O2/c1-13(15-7-5-6-8-15)11-16(18(21)23)17(12-14-9-10-14)19(24)22-20(2,3)4/h13-17H,5-12H2,1-4H3,(H2,21,23)(H,22,24)/t13?,16-,17?/m0/s1. The molecule has 2 rings (SSSR count). The van der Waals surface area contributed by atoms with E-state index in [-0.39, 0.29) is 29.2 Å². The quantitative estimate of drug-likeness (QED) is 0.710. The van der Waals surface area contributed by atoms with Crippen LogP contribution in [0.4, 0.5) is 0 Å². The molecule has 2 amide bonds. The molecule has 2 fully saturated rings. The Balaban J connectivity index is 2.08. The van der Waals surface area contributed by atoms with Gasteiger partial charge in [0.15, 0.2) is 0 Å². The molecule has 0 spiro atoms. The van der Waals surface area contributed by atoms with Crippen LogP contribution in [0.3, 0.4) is 0 Å². The van der Waals surface area contributed by atoms with Gasteiger partial charge in [-0.05, 0) is 51.4 Å². The fourth-order valence-corrected chi connectivity index (χ4v) is 4.23. The van der Waals surface area contributed by atoms with Gasteiger partial charge in [-0.2, -0.15) is 0 Å². The van der Waals surface area contributed by atoms with Gasteiger partial charge in [-0.1, -0.05) is 45.4 Å². The average molecular weight is 337 g/mol. The van der Waals surface area contributed by atoms with Crippen molar-refractivity contribution in [2.45, 2.75) is 84.6 Å². The molecular weight excluding hydrogens is 300 g/mol. The zero-order chi connectivity index (χ0) is 17.9. The lowest BCUT2D eigenvalue weighted by Crippen LogP contribution is -2.48. The van der Waals surface area contributed by atoms with E-state index < -0.39 is 0 Å². The van der Waals surface area contributed by atoms with Crippen LogP contribution >= 0.6 is 0 Å². The molecule has 0 radical (unpaired) electrons. The molecule has 0 aliphatic heterocycles. The summed E-state index contributed by atoms with van der Waals surface area (Å²) >= 11 is 0. The van der Waals surface area contributed by atoms with Crippen LogP contribution in [0.5, 0.6) is 0 Å². The van der Waals surface area contributed by atoms with E-state index in [2.05, 4.69) is 12.2 Å². The van der Waals surface area contributed by atoms with Crippen LogP contribution < -0.4 is 11.1 Å². The number of nitrogens with two attached hydrogens (primary N) is 1. The lowest BCUT2D eigenvalue weighted by molar-refractivity contribution is -0.135.